The molecule has 0 aliphatic carbocycles. The second kappa shape index (κ2) is 7.84. The Bertz CT molecular complexity index is 585. The van der Waals surface area contributed by atoms with Gasteiger partial charge >= 0.3 is 0 Å². The van der Waals surface area contributed by atoms with Crippen LogP contribution in [-0.4, -0.2) is 15.5 Å². The average Bonchev–Trinajstić information content (AvgIpc) is 2.82. The van der Waals surface area contributed by atoms with Crippen LogP contribution >= 0.6 is 23.4 Å². The monoisotopic (exact) mass is 324 g/mol. The van der Waals surface area contributed by atoms with Gasteiger partial charge in [-0.3, -0.25) is 16.0 Å². The number of nitrogens with one attached hydrogen (secondary N) is 1. The van der Waals surface area contributed by atoms with Gasteiger partial charge in [-0.25, -0.2) is 0 Å². The third-order valence-electron chi connectivity index (χ3n) is 3.21. The second-order valence-electron chi connectivity index (χ2n) is 4.95. The van der Waals surface area contributed by atoms with Crippen molar-refractivity contribution in [3.63, 3.8) is 0 Å². The number of hydrogen-bond acceptors (Lipinski definition) is 4. The Morgan fingerprint density at radius 1 is 1.48 bits per heavy atom. The minimum atomic E-state index is -0.0305. The van der Waals surface area contributed by atoms with Gasteiger partial charge in [-0.05, 0) is 25.5 Å². The van der Waals surface area contributed by atoms with E-state index in [4.69, 9.17) is 17.4 Å². The molecule has 0 spiro atoms. The van der Waals surface area contributed by atoms with Crippen LogP contribution < -0.4 is 11.3 Å². The van der Waals surface area contributed by atoms with Crippen molar-refractivity contribution in [2.75, 3.05) is 5.75 Å². The van der Waals surface area contributed by atoms with Crippen molar-refractivity contribution >= 4 is 23.4 Å². The first-order valence-electron chi connectivity index (χ1n) is 7.02. The topological polar surface area (TPSA) is 55.9 Å². The Morgan fingerprint density at radius 2 is 2.29 bits per heavy atom. The third kappa shape index (κ3) is 4.23. The molecule has 1 unspecified atom stereocenters. The molecule has 0 amide bonds. The Labute approximate surface area is 135 Å². The lowest BCUT2D eigenvalue weighted by molar-refractivity contribution is 0.509. The molecule has 2 aromatic rings. The molecule has 0 radical (unpaired) electrons. The highest BCUT2D eigenvalue weighted by atomic mass is 35.5. The van der Waals surface area contributed by atoms with E-state index in [2.05, 4.69) is 48.6 Å². The molecule has 0 saturated heterocycles. The number of hydrazine groups is 1. The normalized spacial score (nSPS) is 12.6. The number of aromatic nitrogens is 2. The molecule has 3 N–H and O–H groups in total. The number of halogens is 1. The molecule has 6 heteroatoms. The van der Waals surface area contributed by atoms with Crippen molar-refractivity contribution < 1.29 is 0 Å². The molecule has 2 rings (SSSR count). The minimum absolute atomic E-state index is 0.0305. The summed E-state index contributed by atoms with van der Waals surface area (Å²) in [6.07, 6.45) is 2.70. The lowest BCUT2D eigenvalue weighted by Crippen LogP contribution is -2.31. The fraction of sp³-hybridized carbons (Fsp3) is 0.400. The Kier molecular flexibility index (Phi) is 6.11. The molecule has 0 aliphatic heterocycles. The van der Waals surface area contributed by atoms with Gasteiger partial charge in [0.15, 0.2) is 0 Å². The molecule has 1 heterocycles. The molecular weight excluding hydrogens is 304 g/mol. The zero-order valence-electron chi connectivity index (χ0n) is 12.3. The van der Waals surface area contributed by atoms with E-state index < -0.39 is 0 Å². The van der Waals surface area contributed by atoms with E-state index in [1.54, 1.807) is 18.0 Å². The number of benzene rings is 1. The largest absolute Gasteiger partial charge is 0.271 e. The number of rotatable bonds is 7. The Hall–Kier alpha value is -1.01. The summed E-state index contributed by atoms with van der Waals surface area (Å²) in [5.74, 6) is 6.53. The van der Waals surface area contributed by atoms with Crippen molar-refractivity contribution in [2.24, 2.45) is 5.84 Å². The summed E-state index contributed by atoms with van der Waals surface area (Å²) in [6.45, 7) is 5.05. The van der Waals surface area contributed by atoms with E-state index in [0.717, 1.165) is 24.4 Å². The van der Waals surface area contributed by atoms with Gasteiger partial charge in [-0.2, -0.15) is 5.10 Å². The predicted octanol–water partition coefficient (Wildman–Crippen LogP) is 3.55. The first-order valence-corrected chi connectivity index (χ1v) is 8.38. The quantitative estimate of drug-likeness (QED) is 0.464. The second-order valence-corrected chi connectivity index (χ2v) is 6.45. The maximum Gasteiger partial charge on any atom is 0.0834 e. The summed E-state index contributed by atoms with van der Waals surface area (Å²) in [4.78, 5) is 1.23. The lowest BCUT2D eigenvalue weighted by Gasteiger charge is -2.18. The Balaban J connectivity index is 2.11. The molecule has 1 atom stereocenters. The van der Waals surface area contributed by atoms with Crippen LogP contribution in [0, 0.1) is 6.92 Å². The molecule has 1 aromatic carbocycles. The number of nitrogens with zero attached hydrogens (tertiary/aromatic N) is 2. The molecule has 0 saturated carbocycles. The third-order valence-corrected chi connectivity index (χ3v) is 4.58. The van der Waals surface area contributed by atoms with Crippen LogP contribution in [0.1, 0.15) is 30.6 Å². The summed E-state index contributed by atoms with van der Waals surface area (Å²) in [5.41, 5.74) is 5.08. The smallest absolute Gasteiger partial charge is 0.0834 e. The van der Waals surface area contributed by atoms with E-state index in [0.29, 0.717) is 5.02 Å². The van der Waals surface area contributed by atoms with E-state index >= 15 is 0 Å². The van der Waals surface area contributed by atoms with Crippen LogP contribution in [0.2, 0.25) is 5.02 Å². The Morgan fingerprint density at radius 3 is 2.95 bits per heavy atom. The van der Waals surface area contributed by atoms with Crippen molar-refractivity contribution in [3.8, 4) is 0 Å². The van der Waals surface area contributed by atoms with Gasteiger partial charge in [0.2, 0.25) is 0 Å². The van der Waals surface area contributed by atoms with Gasteiger partial charge in [-0.1, -0.05) is 36.2 Å². The van der Waals surface area contributed by atoms with E-state index in [1.807, 2.05) is 4.68 Å². The van der Waals surface area contributed by atoms with Crippen LogP contribution in [0.4, 0.5) is 0 Å². The van der Waals surface area contributed by atoms with Crippen molar-refractivity contribution in [1.82, 2.24) is 15.2 Å². The van der Waals surface area contributed by atoms with Gasteiger partial charge in [0.05, 0.1) is 23.0 Å². The highest BCUT2D eigenvalue weighted by Crippen LogP contribution is 2.29. The fourth-order valence-corrected chi connectivity index (χ4v) is 3.53. The van der Waals surface area contributed by atoms with Gasteiger partial charge in [-0.15, -0.1) is 11.8 Å². The van der Waals surface area contributed by atoms with Crippen molar-refractivity contribution in [3.05, 3.63) is 46.7 Å². The molecule has 21 heavy (non-hydrogen) atoms. The molecule has 114 valence electrons. The van der Waals surface area contributed by atoms with Gasteiger partial charge in [0.1, 0.15) is 0 Å². The van der Waals surface area contributed by atoms with Crippen LogP contribution in [-0.2, 0) is 6.54 Å². The van der Waals surface area contributed by atoms with E-state index in [9.17, 15) is 0 Å². The summed E-state index contributed by atoms with van der Waals surface area (Å²) >= 11 is 8.03. The maximum absolute atomic E-state index is 6.27. The van der Waals surface area contributed by atoms with Gasteiger partial charge in [0, 0.05) is 17.2 Å². The van der Waals surface area contributed by atoms with Crippen LogP contribution in [0.15, 0.2) is 35.4 Å². The van der Waals surface area contributed by atoms with Crippen LogP contribution in [0.25, 0.3) is 0 Å². The minimum Gasteiger partial charge on any atom is -0.271 e. The molecule has 4 nitrogen and oxygen atoms in total. The molecule has 0 aliphatic rings. The highest BCUT2D eigenvalue weighted by molar-refractivity contribution is 7.99. The van der Waals surface area contributed by atoms with Crippen LogP contribution in [0.3, 0.4) is 0 Å². The maximum atomic E-state index is 6.27. The summed E-state index contributed by atoms with van der Waals surface area (Å²) in [5, 5.41) is 4.99. The zero-order valence-corrected chi connectivity index (χ0v) is 13.9. The standard InChI is InChI=1S/C15H21ClN4S/c1-3-7-20-15(13(16)9-18-20)14(19-17)10-21-12-6-4-5-11(2)8-12/h4-6,8-9,14,19H,3,7,10,17H2,1-2H3. The molecular formula is C15H21ClN4S. The number of nitrogens with two attached hydrogens (primary N) is 1. The zero-order chi connectivity index (χ0) is 15.2. The lowest BCUT2D eigenvalue weighted by atomic mass is 10.2. The van der Waals surface area contributed by atoms with Crippen molar-refractivity contribution in [2.45, 2.75) is 37.8 Å². The molecule has 0 bridgehead atoms. The first kappa shape index (κ1) is 16.4. The number of thioether (sulfide) groups is 1. The summed E-state index contributed by atoms with van der Waals surface area (Å²) in [7, 11) is 0. The van der Waals surface area contributed by atoms with E-state index in [-0.39, 0.29) is 6.04 Å². The van der Waals surface area contributed by atoms with Crippen molar-refractivity contribution in [1.29, 1.82) is 0 Å². The van der Waals surface area contributed by atoms with Gasteiger partial charge < -0.3 is 0 Å². The molecule has 1 aromatic heterocycles. The SMILES string of the molecule is CCCn1ncc(Cl)c1C(CSc1cccc(C)c1)NN. The van der Waals surface area contributed by atoms with Gasteiger partial charge in [0.25, 0.3) is 0 Å². The first-order chi connectivity index (χ1) is 10.2. The molecule has 0 fully saturated rings. The summed E-state index contributed by atoms with van der Waals surface area (Å²) in [6, 6.07) is 8.41. The van der Waals surface area contributed by atoms with Crippen LogP contribution in [0.5, 0.6) is 0 Å². The fourth-order valence-electron chi connectivity index (χ4n) is 2.20. The number of hydrogen-bond donors (Lipinski definition) is 2. The number of aryl methyl sites for hydroxylation is 2. The summed E-state index contributed by atoms with van der Waals surface area (Å²) < 4.78 is 1.93. The average molecular weight is 325 g/mol. The highest BCUT2D eigenvalue weighted by Gasteiger charge is 2.19. The predicted molar refractivity (Wildman–Crippen MR) is 89.5 cm³/mol. The van der Waals surface area contributed by atoms with E-state index in [1.165, 1.54) is 10.5 Å².